The fourth-order valence-electron chi connectivity index (χ4n) is 4.02. The second-order valence-corrected chi connectivity index (χ2v) is 8.79. The molecule has 0 aliphatic heterocycles. The van der Waals surface area contributed by atoms with Gasteiger partial charge < -0.3 is 20.0 Å². The molecule has 2 aromatic carbocycles. The Bertz CT molecular complexity index is 1070. The molecule has 0 saturated heterocycles. The standard InChI is InChI=1S/C23H24Cl2N2O4/c24-16-9-13(11-18(26)23(28)29)10-17(25)21(16)30-12-15-7-4-8-19-20(15)27-22(31-19)14-5-2-1-3-6-14/h4,7-10,14,18H,1-3,5-6,11-12,26H2,(H,28,29). The molecule has 1 aliphatic carbocycles. The maximum Gasteiger partial charge on any atom is 0.320 e. The number of rotatable bonds is 7. The molecule has 1 fully saturated rings. The molecule has 1 saturated carbocycles. The number of hydrogen-bond acceptors (Lipinski definition) is 5. The minimum absolute atomic E-state index is 0.122. The predicted molar refractivity (Wildman–Crippen MR) is 120 cm³/mol. The Morgan fingerprint density at radius 2 is 1.94 bits per heavy atom. The molecule has 8 heteroatoms. The number of aromatic nitrogens is 1. The molecule has 1 aromatic heterocycles. The number of nitrogens with zero attached hydrogens (tertiary/aromatic N) is 1. The van der Waals surface area contributed by atoms with Gasteiger partial charge in [0.05, 0.1) is 10.0 Å². The molecule has 3 aromatic rings. The molecular formula is C23H24Cl2N2O4. The minimum Gasteiger partial charge on any atom is -0.486 e. The van der Waals surface area contributed by atoms with Crippen LogP contribution in [0, 0.1) is 0 Å². The third kappa shape index (κ3) is 4.97. The molecule has 164 valence electrons. The Labute approximate surface area is 190 Å². The molecule has 6 nitrogen and oxygen atoms in total. The van der Waals surface area contributed by atoms with Gasteiger partial charge in [-0.2, -0.15) is 0 Å². The maximum absolute atomic E-state index is 11.0. The number of carboxylic acids is 1. The topological polar surface area (TPSA) is 98.6 Å². The lowest BCUT2D eigenvalue weighted by Gasteiger charge is -2.17. The number of aliphatic carboxylic acids is 1. The highest BCUT2D eigenvalue weighted by atomic mass is 35.5. The number of oxazole rings is 1. The average Bonchev–Trinajstić information content (AvgIpc) is 3.19. The summed E-state index contributed by atoms with van der Waals surface area (Å²) in [6.07, 6.45) is 6.05. The van der Waals surface area contributed by atoms with Crippen molar-refractivity contribution in [3.05, 3.63) is 57.4 Å². The Morgan fingerprint density at radius 1 is 1.23 bits per heavy atom. The number of fused-ring (bicyclic) bond motifs is 1. The Balaban J connectivity index is 1.52. The number of carbonyl (C=O) groups is 1. The summed E-state index contributed by atoms with van der Waals surface area (Å²) in [5.41, 5.74) is 8.65. The van der Waals surface area contributed by atoms with Gasteiger partial charge in [0.15, 0.2) is 17.2 Å². The first-order chi connectivity index (χ1) is 14.9. The average molecular weight is 463 g/mol. The number of nitrogens with two attached hydrogens (primary N) is 1. The zero-order chi connectivity index (χ0) is 22.0. The SMILES string of the molecule is NC(Cc1cc(Cl)c(OCc2cccc3oc(C4CCCCC4)nc23)c(Cl)c1)C(=O)O. The minimum atomic E-state index is -1.08. The molecule has 0 bridgehead atoms. The summed E-state index contributed by atoms with van der Waals surface area (Å²) in [5.74, 6) is 0.436. The first-order valence-electron chi connectivity index (χ1n) is 10.4. The van der Waals surface area contributed by atoms with Gasteiger partial charge in [-0.1, -0.05) is 54.6 Å². The van der Waals surface area contributed by atoms with E-state index in [4.69, 9.17) is 48.2 Å². The van der Waals surface area contributed by atoms with Gasteiger partial charge in [0.2, 0.25) is 0 Å². The van der Waals surface area contributed by atoms with Crippen molar-refractivity contribution in [3.63, 3.8) is 0 Å². The van der Waals surface area contributed by atoms with E-state index in [-0.39, 0.29) is 13.0 Å². The lowest BCUT2D eigenvalue weighted by molar-refractivity contribution is -0.138. The summed E-state index contributed by atoms with van der Waals surface area (Å²) in [6.45, 7) is 0.224. The van der Waals surface area contributed by atoms with Crippen LogP contribution in [0.15, 0.2) is 34.7 Å². The van der Waals surface area contributed by atoms with Crippen LogP contribution >= 0.6 is 23.2 Å². The van der Waals surface area contributed by atoms with E-state index < -0.39 is 12.0 Å². The van der Waals surface area contributed by atoms with Crippen molar-refractivity contribution < 1.29 is 19.1 Å². The molecule has 0 radical (unpaired) electrons. The van der Waals surface area contributed by atoms with Gasteiger partial charge in [0, 0.05) is 11.5 Å². The van der Waals surface area contributed by atoms with E-state index >= 15 is 0 Å². The van der Waals surface area contributed by atoms with Crippen molar-refractivity contribution in [2.75, 3.05) is 0 Å². The summed E-state index contributed by atoms with van der Waals surface area (Å²) in [7, 11) is 0. The number of benzene rings is 2. The summed E-state index contributed by atoms with van der Waals surface area (Å²) >= 11 is 12.7. The molecule has 0 spiro atoms. The van der Waals surface area contributed by atoms with E-state index in [0.717, 1.165) is 35.4 Å². The van der Waals surface area contributed by atoms with E-state index in [1.165, 1.54) is 19.3 Å². The summed E-state index contributed by atoms with van der Waals surface area (Å²) in [4.78, 5) is 15.8. The first-order valence-corrected chi connectivity index (χ1v) is 11.2. The van der Waals surface area contributed by atoms with Gasteiger partial charge in [-0.3, -0.25) is 4.79 Å². The molecular weight excluding hydrogens is 439 g/mol. The highest BCUT2D eigenvalue weighted by Gasteiger charge is 2.22. The van der Waals surface area contributed by atoms with Crippen molar-refractivity contribution >= 4 is 40.3 Å². The van der Waals surface area contributed by atoms with Crippen molar-refractivity contribution in [1.29, 1.82) is 0 Å². The zero-order valence-corrected chi connectivity index (χ0v) is 18.5. The first kappa shape index (κ1) is 21.9. The van der Waals surface area contributed by atoms with E-state index in [9.17, 15) is 4.79 Å². The van der Waals surface area contributed by atoms with E-state index in [1.54, 1.807) is 12.1 Å². The van der Waals surface area contributed by atoms with Crippen molar-refractivity contribution in [3.8, 4) is 5.75 Å². The van der Waals surface area contributed by atoms with Gasteiger partial charge in [-0.25, -0.2) is 4.98 Å². The lowest BCUT2D eigenvalue weighted by Crippen LogP contribution is -2.32. The fourth-order valence-corrected chi connectivity index (χ4v) is 4.66. The van der Waals surface area contributed by atoms with Crippen LogP contribution in [0.4, 0.5) is 0 Å². The van der Waals surface area contributed by atoms with Gasteiger partial charge in [-0.15, -0.1) is 0 Å². The fraction of sp³-hybridized carbons (Fsp3) is 0.391. The highest BCUT2D eigenvalue weighted by molar-refractivity contribution is 6.37. The van der Waals surface area contributed by atoms with Crippen LogP contribution in [0.25, 0.3) is 11.1 Å². The molecule has 1 heterocycles. The van der Waals surface area contributed by atoms with Crippen LogP contribution in [0.1, 0.15) is 55.0 Å². The summed E-state index contributed by atoms with van der Waals surface area (Å²) in [5, 5.41) is 9.59. The van der Waals surface area contributed by atoms with Crippen LogP contribution in [-0.2, 0) is 17.8 Å². The molecule has 31 heavy (non-hydrogen) atoms. The van der Waals surface area contributed by atoms with Crippen molar-refractivity contribution in [2.45, 2.75) is 57.1 Å². The maximum atomic E-state index is 11.0. The van der Waals surface area contributed by atoms with Crippen LogP contribution < -0.4 is 10.5 Å². The molecule has 1 atom stereocenters. The number of halogens is 2. The zero-order valence-electron chi connectivity index (χ0n) is 16.9. The summed E-state index contributed by atoms with van der Waals surface area (Å²) in [6, 6.07) is 8.00. The largest absolute Gasteiger partial charge is 0.486 e. The van der Waals surface area contributed by atoms with Gasteiger partial charge >= 0.3 is 5.97 Å². The van der Waals surface area contributed by atoms with E-state index in [0.29, 0.717) is 27.3 Å². The number of para-hydroxylation sites is 1. The Kier molecular flexibility index (Phi) is 6.70. The Hall–Kier alpha value is -2.28. The van der Waals surface area contributed by atoms with Crippen LogP contribution in [-0.4, -0.2) is 22.1 Å². The highest BCUT2D eigenvalue weighted by Crippen LogP contribution is 2.37. The number of hydrogen-bond donors (Lipinski definition) is 2. The number of carboxylic acid groups (broad SMARTS) is 1. The summed E-state index contributed by atoms with van der Waals surface area (Å²) < 4.78 is 12.0. The third-order valence-electron chi connectivity index (χ3n) is 5.68. The lowest BCUT2D eigenvalue weighted by atomic mass is 9.89. The molecule has 1 aliphatic rings. The van der Waals surface area contributed by atoms with E-state index in [2.05, 4.69) is 0 Å². The van der Waals surface area contributed by atoms with Crippen LogP contribution in [0.5, 0.6) is 5.75 Å². The van der Waals surface area contributed by atoms with E-state index in [1.807, 2.05) is 18.2 Å². The second-order valence-electron chi connectivity index (χ2n) is 7.98. The smallest absolute Gasteiger partial charge is 0.320 e. The van der Waals surface area contributed by atoms with Crippen molar-refractivity contribution in [1.82, 2.24) is 4.98 Å². The molecule has 1 unspecified atom stereocenters. The van der Waals surface area contributed by atoms with Crippen molar-refractivity contribution in [2.24, 2.45) is 5.73 Å². The predicted octanol–water partition coefficient (Wildman–Crippen LogP) is 5.72. The Morgan fingerprint density at radius 3 is 2.61 bits per heavy atom. The van der Waals surface area contributed by atoms with Crippen LogP contribution in [0.2, 0.25) is 10.0 Å². The quantitative estimate of drug-likeness (QED) is 0.465. The molecule has 3 N–H and O–H groups in total. The monoisotopic (exact) mass is 462 g/mol. The van der Waals surface area contributed by atoms with Gasteiger partial charge in [0.1, 0.15) is 18.2 Å². The third-order valence-corrected chi connectivity index (χ3v) is 6.24. The molecule has 0 amide bonds. The second kappa shape index (κ2) is 9.47. The number of ether oxygens (including phenoxy) is 1. The van der Waals surface area contributed by atoms with Crippen LogP contribution in [0.3, 0.4) is 0 Å². The van der Waals surface area contributed by atoms with Gasteiger partial charge in [0.25, 0.3) is 0 Å². The molecule has 4 rings (SSSR count). The van der Waals surface area contributed by atoms with Gasteiger partial charge in [-0.05, 0) is 43.0 Å². The normalized spacial score (nSPS) is 15.8.